The van der Waals surface area contributed by atoms with E-state index in [0.29, 0.717) is 11.3 Å². The summed E-state index contributed by atoms with van der Waals surface area (Å²) in [6.45, 7) is 5.25. The van der Waals surface area contributed by atoms with Crippen molar-refractivity contribution in [3.05, 3.63) is 140 Å². The molecule has 0 saturated carbocycles. The van der Waals surface area contributed by atoms with Crippen molar-refractivity contribution >= 4 is 23.0 Å². The van der Waals surface area contributed by atoms with Gasteiger partial charge in [-0.05, 0) is 103 Å². The second kappa shape index (κ2) is 12.0. The molecule has 5 aromatic carbocycles. The zero-order valence-electron chi connectivity index (χ0n) is 22.4. The Morgan fingerprint density at radius 2 is 1.00 bits per heavy atom. The Kier molecular flexibility index (Phi) is 7.93. The molecule has 5 aromatic rings. The molecule has 0 radical (unpaired) electrons. The van der Waals surface area contributed by atoms with E-state index in [1.54, 1.807) is 26.2 Å². The molecule has 198 valence electrons. The number of nitrogens with zero attached hydrogens (tertiary/aromatic N) is 1. The molecule has 0 atom stereocenters. The van der Waals surface area contributed by atoms with E-state index in [0.717, 1.165) is 45.4 Å². The first-order chi connectivity index (χ1) is 19.5. The van der Waals surface area contributed by atoms with Crippen LogP contribution in [0.1, 0.15) is 6.92 Å². The number of hydrogen-bond acceptors (Lipinski definition) is 5. The van der Waals surface area contributed by atoms with Crippen LogP contribution in [0.4, 0.5) is 17.1 Å². The van der Waals surface area contributed by atoms with Gasteiger partial charge in [-0.1, -0.05) is 49.0 Å². The van der Waals surface area contributed by atoms with Crippen LogP contribution in [0.2, 0.25) is 0 Å². The number of anilines is 3. The molecule has 5 nitrogen and oxygen atoms in total. The summed E-state index contributed by atoms with van der Waals surface area (Å²) in [4.78, 5) is 14.0. The van der Waals surface area contributed by atoms with E-state index in [1.165, 1.54) is 0 Å². The van der Waals surface area contributed by atoms with Crippen LogP contribution in [0, 0.1) is 0 Å². The highest BCUT2D eigenvalue weighted by molar-refractivity contribution is 5.88. The molecule has 0 aromatic heterocycles. The van der Waals surface area contributed by atoms with Crippen molar-refractivity contribution in [1.29, 1.82) is 0 Å². The molecule has 40 heavy (non-hydrogen) atoms. The Morgan fingerprint density at radius 1 is 0.575 bits per heavy atom. The van der Waals surface area contributed by atoms with Gasteiger partial charge in [-0.25, -0.2) is 4.79 Å². The minimum atomic E-state index is -0.435. The molecule has 5 rings (SSSR count). The number of methoxy groups -OCH3 is 1. The quantitative estimate of drug-likeness (QED) is 0.109. The summed E-state index contributed by atoms with van der Waals surface area (Å²) in [5, 5.41) is 0. The third-order valence-electron chi connectivity index (χ3n) is 6.28. The SMILES string of the molecule is C=C(C)C(=O)Oc1ccc(-c2ccc(N(c3ccc(OC)cc3)c3ccc(Oc4ccccc4)cc3)cc2)cc1. The molecular formula is C35H29NO4. The molecule has 0 spiro atoms. The highest BCUT2D eigenvalue weighted by atomic mass is 16.5. The summed E-state index contributed by atoms with van der Waals surface area (Å²) in [5.41, 5.74) is 5.40. The zero-order valence-corrected chi connectivity index (χ0v) is 22.4. The fourth-order valence-electron chi connectivity index (χ4n) is 4.18. The fourth-order valence-corrected chi connectivity index (χ4v) is 4.18. The van der Waals surface area contributed by atoms with Crippen molar-refractivity contribution in [2.45, 2.75) is 6.92 Å². The van der Waals surface area contributed by atoms with Gasteiger partial charge in [0.15, 0.2) is 0 Å². The van der Waals surface area contributed by atoms with E-state index in [-0.39, 0.29) is 0 Å². The van der Waals surface area contributed by atoms with Crippen molar-refractivity contribution in [2.24, 2.45) is 0 Å². The standard InChI is InChI=1S/C35H29NO4/c1-25(2)35(37)40-34-19-11-27(12-20-34)26-9-13-28(14-10-26)36(29-15-21-31(38-3)22-16-29)30-17-23-33(24-18-30)39-32-7-5-4-6-8-32/h4-24H,1H2,2-3H3. The van der Waals surface area contributed by atoms with Crippen molar-refractivity contribution in [2.75, 3.05) is 12.0 Å². The molecule has 5 heteroatoms. The monoisotopic (exact) mass is 527 g/mol. The lowest BCUT2D eigenvalue weighted by molar-refractivity contribution is -0.130. The number of hydrogen-bond donors (Lipinski definition) is 0. The smallest absolute Gasteiger partial charge is 0.338 e. The predicted octanol–water partition coefficient (Wildman–Crippen LogP) is 9.11. The molecular weight excluding hydrogens is 498 g/mol. The summed E-state index contributed by atoms with van der Waals surface area (Å²) in [6, 6.07) is 41.5. The highest BCUT2D eigenvalue weighted by Crippen LogP contribution is 2.37. The number of carbonyl (C=O) groups is 1. The van der Waals surface area contributed by atoms with Crippen molar-refractivity contribution in [3.63, 3.8) is 0 Å². The van der Waals surface area contributed by atoms with E-state index < -0.39 is 5.97 Å². The summed E-state index contributed by atoms with van der Waals surface area (Å²) in [6.07, 6.45) is 0. The van der Waals surface area contributed by atoms with Crippen LogP contribution in [0.25, 0.3) is 11.1 Å². The minimum absolute atomic E-state index is 0.361. The van der Waals surface area contributed by atoms with E-state index in [2.05, 4.69) is 35.7 Å². The van der Waals surface area contributed by atoms with Crippen molar-refractivity contribution in [1.82, 2.24) is 0 Å². The lowest BCUT2D eigenvalue weighted by atomic mass is 10.0. The average Bonchev–Trinajstić information content (AvgIpc) is 3.00. The van der Waals surface area contributed by atoms with Crippen LogP contribution in [-0.4, -0.2) is 13.1 Å². The molecule has 0 bridgehead atoms. The van der Waals surface area contributed by atoms with Gasteiger partial charge < -0.3 is 19.1 Å². The van der Waals surface area contributed by atoms with Crippen LogP contribution in [0.3, 0.4) is 0 Å². The van der Waals surface area contributed by atoms with Crippen molar-refractivity contribution < 1.29 is 19.0 Å². The number of benzene rings is 5. The van der Waals surface area contributed by atoms with Gasteiger partial charge in [0.25, 0.3) is 0 Å². The maximum atomic E-state index is 11.8. The molecule has 0 fully saturated rings. The summed E-state index contributed by atoms with van der Waals surface area (Å²) in [5.74, 6) is 2.40. The number of para-hydroxylation sites is 1. The number of carbonyl (C=O) groups excluding carboxylic acids is 1. The largest absolute Gasteiger partial charge is 0.497 e. The summed E-state index contributed by atoms with van der Waals surface area (Å²) in [7, 11) is 1.66. The van der Waals surface area contributed by atoms with Crippen LogP contribution in [0.5, 0.6) is 23.0 Å². The van der Waals surface area contributed by atoms with Crippen LogP contribution in [0.15, 0.2) is 140 Å². The van der Waals surface area contributed by atoms with Gasteiger partial charge in [0.1, 0.15) is 23.0 Å². The maximum absolute atomic E-state index is 11.8. The second-order valence-electron chi connectivity index (χ2n) is 9.18. The summed E-state index contributed by atoms with van der Waals surface area (Å²) < 4.78 is 16.7. The zero-order chi connectivity index (χ0) is 27.9. The lowest BCUT2D eigenvalue weighted by Crippen LogP contribution is -2.09. The molecule has 0 aliphatic carbocycles. The average molecular weight is 528 g/mol. The van der Waals surface area contributed by atoms with E-state index in [9.17, 15) is 4.79 Å². The highest BCUT2D eigenvalue weighted by Gasteiger charge is 2.14. The van der Waals surface area contributed by atoms with Gasteiger partial charge in [0.05, 0.1) is 7.11 Å². The van der Waals surface area contributed by atoms with Crippen LogP contribution < -0.4 is 19.1 Å². The van der Waals surface area contributed by atoms with E-state index in [1.807, 2.05) is 91.0 Å². The first-order valence-electron chi connectivity index (χ1n) is 12.9. The number of esters is 1. The molecule has 0 N–H and O–H groups in total. The first-order valence-corrected chi connectivity index (χ1v) is 12.9. The van der Waals surface area contributed by atoms with Crippen LogP contribution >= 0.6 is 0 Å². The topological polar surface area (TPSA) is 48.0 Å². The Morgan fingerprint density at radius 3 is 1.50 bits per heavy atom. The molecule has 0 aliphatic rings. The van der Waals surface area contributed by atoms with Crippen LogP contribution in [-0.2, 0) is 4.79 Å². The van der Waals surface area contributed by atoms with Gasteiger partial charge in [0, 0.05) is 22.6 Å². The summed E-state index contributed by atoms with van der Waals surface area (Å²) >= 11 is 0. The Bertz CT molecular complexity index is 1580. The van der Waals surface area contributed by atoms with Gasteiger partial charge in [-0.15, -0.1) is 0 Å². The third kappa shape index (κ3) is 6.22. The molecule has 0 heterocycles. The maximum Gasteiger partial charge on any atom is 0.338 e. The number of ether oxygens (including phenoxy) is 3. The van der Waals surface area contributed by atoms with Gasteiger partial charge in [-0.2, -0.15) is 0 Å². The van der Waals surface area contributed by atoms with Gasteiger partial charge in [0.2, 0.25) is 0 Å². The Labute approximate surface area is 234 Å². The van der Waals surface area contributed by atoms with E-state index in [4.69, 9.17) is 14.2 Å². The minimum Gasteiger partial charge on any atom is -0.497 e. The third-order valence-corrected chi connectivity index (χ3v) is 6.28. The van der Waals surface area contributed by atoms with Gasteiger partial charge >= 0.3 is 5.97 Å². The van der Waals surface area contributed by atoms with Gasteiger partial charge in [-0.3, -0.25) is 0 Å². The Balaban J connectivity index is 1.41. The number of rotatable bonds is 9. The molecule has 0 saturated heterocycles. The molecule has 0 aliphatic heterocycles. The molecule has 0 amide bonds. The molecule has 0 unspecified atom stereocenters. The lowest BCUT2D eigenvalue weighted by Gasteiger charge is -2.26. The normalized spacial score (nSPS) is 10.4. The Hall–Kier alpha value is -5.29. The van der Waals surface area contributed by atoms with E-state index >= 15 is 0 Å². The van der Waals surface area contributed by atoms with Crippen molar-refractivity contribution in [3.8, 4) is 34.1 Å². The second-order valence-corrected chi connectivity index (χ2v) is 9.18. The predicted molar refractivity (Wildman–Crippen MR) is 160 cm³/mol. The first kappa shape index (κ1) is 26.3. The fraction of sp³-hybridized carbons (Fsp3) is 0.0571.